The fourth-order valence-electron chi connectivity index (χ4n) is 2.28. The van der Waals surface area contributed by atoms with Crippen molar-refractivity contribution in [1.29, 1.82) is 0 Å². The quantitative estimate of drug-likeness (QED) is 0.853. The Balaban J connectivity index is 1.71. The number of nitrogens with two attached hydrogens (primary N) is 1. The van der Waals surface area contributed by atoms with Gasteiger partial charge in [0.15, 0.2) is 0 Å². The Morgan fingerprint density at radius 1 is 1.21 bits per heavy atom. The molecule has 0 radical (unpaired) electrons. The first-order valence-electron chi connectivity index (χ1n) is 6.78. The lowest BCUT2D eigenvalue weighted by molar-refractivity contribution is 0.313. The Hall–Kier alpha value is -1.39. The Morgan fingerprint density at radius 3 is 2.79 bits per heavy atom. The van der Waals surface area contributed by atoms with Crippen LogP contribution in [0, 0.1) is 0 Å². The third-order valence-electron chi connectivity index (χ3n) is 3.31. The Labute approximate surface area is 117 Å². The van der Waals surface area contributed by atoms with Crippen molar-refractivity contribution in [2.75, 3.05) is 13.2 Å². The van der Waals surface area contributed by atoms with Gasteiger partial charge in [-0.2, -0.15) is 0 Å². The molecule has 100 valence electrons. The normalized spacial score (nSPS) is 13.5. The maximum absolute atomic E-state index is 5.60. The van der Waals surface area contributed by atoms with Crippen molar-refractivity contribution in [1.82, 2.24) is 4.98 Å². The van der Waals surface area contributed by atoms with Crippen LogP contribution < -0.4 is 10.5 Å². The average molecular weight is 274 g/mol. The minimum Gasteiger partial charge on any atom is -0.494 e. The van der Waals surface area contributed by atoms with Crippen LogP contribution in [-0.2, 0) is 12.8 Å². The van der Waals surface area contributed by atoms with Gasteiger partial charge in [0, 0.05) is 10.4 Å². The van der Waals surface area contributed by atoms with Crippen LogP contribution in [0.3, 0.4) is 0 Å². The van der Waals surface area contributed by atoms with E-state index in [0.717, 1.165) is 23.6 Å². The predicted molar refractivity (Wildman–Crippen MR) is 78.7 cm³/mol. The van der Waals surface area contributed by atoms with E-state index in [1.807, 2.05) is 23.5 Å². The summed E-state index contributed by atoms with van der Waals surface area (Å²) in [5.74, 6) is 0.904. The average Bonchev–Trinajstić information content (AvgIpc) is 3.01. The van der Waals surface area contributed by atoms with Crippen molar-refractivity contribution in [2.24, 2.45) is 5.73 Å². The van der Waals surface area contributed by atoms with Gasteiger partial charge in [-0.15, -0.1) is 11.3 Å². The van der Waals surface area contributed by atoms with Crippen molar-refractivity contribution in [3.05, 3.63) is 34.8 Å². The molecule has 0 bridgehead atoms. The fraction of sp³-hybridized carbons (Fsp3) is 0.400. The number of ether oxygens (including phenoxy) is 1. The van der Waals surface area contributed by atoms with Crippen LogP contribution in [-0.4, -0.2) is 18.1 Å². The summed E-state index contributed by atoms with van der Waals surface area (Å²) in [6.07, 6.45) is 4.50. The van der Waals surface area contributed by atoms with E-state index in [4.69, 9.17) is 15.5 Å². The number of aryl methyl sites for hydroxylation is 2. The zero-order valence-corrected chi connectivity index (χ0v) is 11.7. The van der Waals surface area contributed by atoms with Crippen LogP contribution in [0.4, 0.5) is 0 Å². The fourth-order valence-corrected chi connectivity index (χ4v) is 3.44. The van der Waals surface area contributed by atoms with Crippen molar-refractivity contribution < 1.29 is 4.74 Å². The molecule has 4 heteroatoms. The molecule has 0 unspecified atom stereocenters. The SMILES string of the molecule is NCCCOc1ccc(-c2nc3c(s2)CCC3)cc1. The first-order valence-corrected chi connectivity index (χ1v) is 7.60. The second kappa shape index (κ2) is 5.72. The summed E-state index contributed by atoms with van der Waals surface area (Å²) in [4.78, 5) is 6.20. The molecule has 1 aromatic carbocycles. The summed E-state index contributed by atoms with van der Waals surface area (Å²) in [5, 5.41) is 1.14. The number of fused-ring (bicyclic) bond motifs is 1. The summed E-state index contributed by atoms with van der Waals surface area (Å²) >= 11 is 1.83. The summed E-state index contributed by atoms with van der Waals surface area (Å²) < 4.78 is 5.60. The van der Waals surface area contributed by atoms with Crippen LogP contribution in [0.2, 0.25) is 0 Å². The van der Waals surface area contributed by atoms with Gasteiger partial charge in [-0.05, 0) is 56.5 Å². The van der Waals surface area contributed by atoms with Crippen LogP contribution in [0.25, 0.3) is 10.6 Å². The maximum atomic E-state index is 5.60. The molecule has 0 aliphatic heterocycles. The molecule has 0 fully saturated rings. The van der Waals surface area contributed by atoms with Gasteiger partial charge < -0.3 is 10.5 Å². The smallest absolute Gasteiger partial charge is 0.123 e. The number of nitrogens with zero attached hydrogens (tertiary/aromatic N) is 1. The van der Waals surface area contributed by atoms with E-state index in [1.54, 1.807) is 0 Å². The highest BCUT2D eigenvalue weighted by Crippen LogP contribution is 2.33. The topological polar surface area (TPSA) is 48.1 Å². The third-order valence-corrected chi connectivity index (χ3v) is 4.52. The molecule has 1 aliphatic carbocycles. The summed E-state index contributed by atoms with van der Waals surface area (Å²) in [6.45, 7) is 1.35. The van der Waals surface area contributed by atoms with Gasteiger partial charge in [0.05, 0.1) is 12.3 Å². The van der Waals surface area contributed by atoms with Crippen molar-refractivity contribution in [3.8, 4) is 16.3 Å². The van der Waals surface area contributed by atoms with E-state index >= 15 is 0 Å². The minimum absolute atomic E-state index is 0.669. The molecular weight excluding hydrogens is 256 g/mol. The van der Waals surface area contributed by atoms with E-state index in [2.05, 4.69) is 12.1 Å². The van der Waals surface area contributed by atoms with Gasteiger partial charge in [0.25, 0.3) is 0 Å². The molecule has 1 heterocycles. The number of thiazole rings is 1. The van der Waals surface area contributed by atoms with Gasteiger partial charge in [-0.3, -0.25) is 0 Å². The highest BCUT2D eigenvalue weighted by atomic mass is 32.1. The largest absolute Gasteiger partial charge is 0.494 e. The highest BCUT2D eigenvalue weighted by Gasteiger charge is 2.17. The van der Waals surface area contributed by atoms with Gasteiger partial charge in [-0.25, -0.2) is 4.98 Å². The first kappa shape index (κ1) is 12.6. The monoisotopic (exact) mass is 274 g/mol. The first-order chi connectivity index (χ1) is 9.36. The molecule has 2 aromatic rings. The van der Waals surface area contributed by atoms with Gasteiger partial charge >= 0.3 is 0 Å². The molecule has 3 nitrogen and oxygen atoms in total. The zero-order valence-electron chi connectivity index (χ0n) is 10.9. The molecular formula is C15H18N2OS. The number of rotatable bonds is 5. The van der Waals surface area contributed by atoms with Gasteiger partial charge in [-0.1, -0.05) is 0 Å². The third kappa shape index (κ3) is 2.80. The molecule has 0 spiro atoms. The number of aromatic nitrogens is 1. The molecule has 0 saturated heterocycles. The number of hydrogen-bond acceptors (Lipinski definition) is 4. The molecule has 19 heavy (non-hydrogen) atoms. The summed E-state index contributed by atoms with van der Waals surface area (Å²) in [7, 11) is 0. The van der Waals surface area contributed by atoms with Crippen LogP contribution in [0.5, 0.6) is 5.75 Å². The molecule has 3 rings (SSSR count). The van der Waals surface area contributed by atoms with E-state index in [9.17, 15) is 0 Å². The second-order valence-corrected chi connectivity index (χ2v) is 5.84. The van der Waals surface area contributed by atoms with E-state index < -0.39 is 0 Å². The Kier molecular flexibility index (Phi) is 3.80. The lowest BCUT2D eigenvalue weighted by atomic mass is 10.2. The van der Waals surface area contributed by atoms with E-state index in [-0.39, 0.29) is 0 Å². The van der Waals surface area contributed by atoms with Crippen molar-refractivity contribution in [3.63, 3.8) is 0 Å². The van der Waals surface area contributed by atoms with E-state index in [1.165, 1.54) is 29.0 Å². The van der Waals surface area contributed by atoms with Crippen LogP contribution in [0.1, 0.15) is 23.4 Å². The summed E-state index contributed by atoms with van der Waals surface area (Å²) in [5.41, 5.74) is 7.94. The lowest BCUT2D eigenvalue weighted by Gasteiger charge is -2.05. The van der Waals surface area contributed by atoms with Crippen LogP contribution >= 0.6 is 11.3 Å². The minimum atomic E-state index is 0.669. The van der Waals surface area contributed by atoms with Crippen LogP contribution in [0.15, 0.2) is 24.3 Å². The summed E-state index contributed by atoms with van der Waals surface area (Å²) in [6, 6.07) is 8.20. The molecule has 1 aliphatic rings. The maximum Gasteiger partial charge on any atom is 0.123 e. The molecule has 1 aromatic heterocycles. The highest BCUT2D eigenvalue weighted by molar-refractivity contribution is 7.15. The Bertz CT molecular complexity index is 526. The van der Waals surface area contributed by atoms with Gasteiger partial charge in [0.2, 0.25) is 0 Å². The molecule has 0 amide bonds. The molecule has 0 atom stereocenters. The standard InChI is InChI=1S/C15H18N2OS/c16-9-2-10-18-12-7-5-11(6-8-12)15-17-13-3-1-4-14(13)19-15/h5-8H,1-4,9-10,16H2. The molecule has 2 N–H and O–H groups in total. The second-order valence-electron chi connectivity index (χ2n) is 4.76. The Morgan fingerprint density at radius 2 is 2.05 bits per heavy atom. The van der Waals surface area contributed by atoms with Gasteiger partial charge in [0.1, 0.15) is 10.8 Å². The number of benzene rings is 1. The van der Waals surface area contributed by atoms with Crippen molar-refractivity contribution in [2.45, 2.75) is 25.7 Å². The molecule has 0 saturated carbocycles. The zero-order chi connectivity index (χ0) is 13.1. The lowest BCUT2D eigenvalue weighted by Crippen LogP contribution is -2.05. The predicted octanol–water partition coefficient (Wildman–Crippen LogP) is 3.03. The number of hydrogen-bond donors (Lipinski definition) is 1. The van der Waals surface area contributed by atoms with Crippen molar-refractivity contribution >= 4 is 11.3 Å². The van der Waals surface area contributed by atoms with E-state index in [0.29, 0.717) is 13.2 Å².